The van der Waals surface area contributed by atoms with Gasteiger partial charge in [0, 0.05) is 0 Å². The highest BCUT2D eigenvalue weighted by Gasteiger charge is 1.98. The van der Waals surface area contributed by atoms with E-state index in [2.05, 4.69) is 0 Å². The van der Waals surface area contributed by atoms with Crippen molar-refractivity contribution in [2.24, 2.45) is 0 Å². The minimum atomic E-state index is 0.605. The van der Waals surface area contributed by atoms with E-state index >= 15 is 0 Å². The molecule has 0 aromatic heterocycles. The highest BCUT2D eigenvalue weighted by molar-refractivity contribution is 6.42. The summed E-state index contributed by atoms with van der Waals surface area (Å²) >= 11 is 11.6. The lowest BCUT2D eigenvalue weighted by molar-refractivity contribution is 0.841. The van der Waals surface area contributed by atoms with Crippen LogP contribution in [0.1, 0.15) is 18.4 Å². The second-order valence-electron chi connectivity index (χ2n) is 2.64. The molecule has 0 saturated heterocycles. The summed E-state index contributed by atoms with van der Waals surface area (Å²) < 4.78 is 0. The molecule has 0 bridgehead atoms. The van der Waals surface area contributed by atoms with Crippen molar-refractivity contribution in [3.63, 3.8) is 0 Å². The van der Waals surface area contributed by atoms with Crippen LogP contribution in [0.5, 0.6) is 0 Å². The minimum Gasteiger partial charge on any atom is -0.0827 e. The van der Waals surface area contributed by atoms with E-state index < -0.39 is 0 Å². The van der Waals surface area contributed by atoms with E-state index in [1.54, 1.807) is 0 Å². The van der Waals surface area contributed by atoms with Crippen molar-refractivity contribution in [3.05, 3.63) is 40.7 Å². The number of aryl methyl sites for hydroxylation is 1. The molecule has 1 aromatic rings. The lowest BCUT2D eigenvalue weighted by atomic mass is 10.1. The molecule has 0 N–H and O–H groups in total. The first-order chi connectivity index (χ1) is 5.74. The summed E-state index contributed by atoms with van der Waals surface area (Å²) in [5.41, 5.74) is 1.19. The summed E-state index contributed by atoms with van der Waals surface area (Å²) in [6.07, 6.45) is 2.66. The Bertz CT molecular complexity index is 256. The summed E-state index contributed by atoms with van der Waals surface area (Å²) in [6.45, 7) is 5.39. The molecule has 1 aromatic carbocycles. The summed E-state index contributed by atoms with van der Waals surface area (Å²) in [6, 6.07) is 5.68. The topological polar surface area (TPSA) is 0 Å². The molecule has 0 heterocycles. The number of hydrogen-bond donors (Lipinski definition) is 0. The maximum atomic E-state index is 5.83. The van der Waals surface area contributed by atoms with Gasteiger partial charge in [0.2, 0.25) is 0 Å². The number of hydrogen-bond acceptors (Lipinski definition) is 0. The smallest absolute Gasteiger partial charge is 0.0595 e. The summed E-state index contributed by atoms with van der Waals surface area (Å²) in [7, 11) is 0. The third-order valence-electron chi connectivity index (χ3n) is 1.65. The normalized spacial score (nSPS) is 10.2. The van der Waals surface area contributed by atoms with Crippen LogP contribution >= 0.6 is 23.2 Å². The molecular weight excluding hydrogens is 191 g/mol. The van der Waals surface area contributed by atoms with Crippen LogP contribution in [0.2, 0.25) is 10.0 Å². The van der Waals surface area contributed by atoms with E-state index in [1.807, 2.05) is 18.2 Å². The van der Waals surface area contributed by atoms with Crippen molar-refractivity contribution >= 4 is 23.2 Å². The van der Waals surface area contributed by atoms with Crippen LogP contribution in [0.25, 0.3) is 0 Å². The Morgan fingerprint density at radius 2 is 1.92 bits per heavy atom. The van der Waals surface area contributed by atoms with Gasteiger partial charge in [-0.3, -0.25) is 0 Å². The monoisotopic (exact) mass is 200 g/mol. The van der Waals surface area contributed by atoms with Gasteiger partial charge >= 0.3 is 0 Å². The first-order valence-electron chi connectivity index (χ1n) is 3.88. The Morgan fingerprint density at radius 3 is 2.50 bits per heavy atom. The molecule has 0 nitrogen and oxygen atoms in total. The zero-order chi connectivity index (χ0) is 8.97. The van der Waals surface area contributed by atoms with Crippen molar-refractivity contribution in [1.29, 1.82) is 0 Å². The lowest BCUT2D eigenvalue weighted by Gasteiger charge is -2.01. The van der Waals surface area contributed by atoms with Gasteiger partial charge in [0.15, 0.2) is 0 Å². The molecule has 2 radical (unpaired) electrons. The van der Waals surface area contributed by atoms with E-state index in [4.69, 9.17) is 30.1 Å². The van der Waals surface area contributed by atoms with E-state index in [0.29, 0.717) is 16.5 Å². The van der Waals surface area contributed by atoms with Crippen molar-refractivity contribution in [2.45, 2.75) is 19.3 Å². The van der Waals surface area contributed by atoms with Crippen LogP contribution in [0.15, 0.2) is 18.2 Å². The second-order valence-corrected chi connectivity index (χ2v) is 3.46. The van der Waals surface area contributed by atoms with E-state index in [0.717, 1.165) is 12.8 Å². The summed E-state index contributed by atoms with van der Waals surface area (Å²) in [5.74, 6) is 0. The number of unbranched alkanes of at least 4 members (excludes halogenated alkanes) is 1. The molecule has 0 aliphatic carbocycles. The standard InChI is InChI=1S/C10H10Cl2/c1-2-3-4-8-5-6-9(11)10(12)7-8/h1,5-7H,2-4H2. The quantitative estimate of drug-likeness (QED) is 0.692. The molecule has 0 fully saturated rings. The second kappa shape index (κ2) is 4.74. The highest BCUT2D eigenvalue weighted by atomic mass is 35.5. The van der Waals surface area contributed by atoms with Gasteiger partial charge in [-0.1, -0.05) is 29.3 Å². The molecule has 12 heavy (non-hydrogen) atoms. The van der Waals surface area contributed by atoms with Gasteiger partial charge in [-0.05, 0) is 43.9 Å². The fourth-order valence-electron chi connectivity index (χ4n) is 1.00. The largest absolute Gasteiger partial charge is 0.0827 e. The van der Waals surface area contributed by atoms with E-state index in [9.17, 15) is 0 Å². The number of benzene rings is 1. The van der Waals surface area contributed by atoms with Gasteiger partial charge in [0.25, 0.3) is 0 Å². The molecular formula is C10H10Cl2. The summed E-state index contributed by atoms with van der Waals surface area (Å²) in [4.78, 5) is 0. The first kappa shape index (κ1) is 9.88. The van der Waals surface area contributed by atoms with Crippen molar-refractivity contribution < 1.29 is 0 Å². The Balaban J connectivity index is 2.69. The Morgan fingerprint density at radius 1 is 1.17 bits per heavy atom. The van der Waals surface area contributed by atoms with Crippen LogP contribution < -0.4 is 0 Å². The van der Waals surface area contributed by atoms with Crippen LogP contribution in [0, 0.1) is 6.92 Å². The van der Waals surface area contributed by atoms with Gasteiger partial charge in [0.1, 0.15) is 0 Å². The molecule has 0 aliphatic rings. The Labute approximate surface area is 83.5 Å². The number of rotatable bonds is 3. The molecule has 0 spiro atoms. The SMILES string of the molecule is [CH]CCCc1ccc(Cl)c(Cl)c1. The van der Waals surface area contributed by atoms with E-state index in [-0.39, 0.29) is 0 Å². The average molecular weight is 201 g/mol. The Hall–Kier alpha value is -0.200. The predicted molar refractivity (Wildman–Crippen MR) is 53.7 cm³/mol. The van der Waals surface area contributed by atoms with Crippen molar-refractivity contribution in [2.75, 3.05) is 0 Å². The minimum absolute atomic E-state index is 0.605. The van der Waals surface area contributed by atoms with Gasteiger partial charge in [-0.25, -0.2) is 0 Å². The zero-order valence-corrected chi connectivity index (χ0v) is 8.20. The summed E-state index contributed by atoms with van der Waals surface area (Å²) in [5, 5.41) is 1.22. The van der Waals surface area contributed by atoms with Crippen molar-refractivity contribution in [3.8, 4) is 0 Å². The molecule has 64 valence electrons. The maximum absolute atomic E-state index is 5.83. The van der Waals surface area contributed by atoms with Gasteiger partial charge in [-0.2, -0.15) is 0 Å². The van der Waals surface area contributed by atoms with E-state index in [1.165, 1.54) is 5.56 Å². The zero-order valence-electron chi connectivity index (χ0n) is 6.69. The Kier molecular flexibility index (Phi) is 3.90. The molecule has 1 rings (SSSR count). The maximum Gasteiger partial charge on any atom is 0.0595 e. The molecule has 0 amide bonds. The molecule has 0 aliphatic heterocycles. The van der Waals surface area contributed by atoms with Crippen LogP contribution in [0.4, 0.5) is 0 Å². The lowest BCUT2D eigenvalue weighted by Crippen LogP contribution is -1.84. The number of halogens is 2. The predicted octanol–water partition coefficient (Wildman–Crippen LogP) is 4.03. The molecule has 0 atom stereocenters. The average Bonchev–Trinajstić information content (AvgIpc) is 2.07. The molecule has 2 heteroatoms. The fourth-order valence-corrected chi connectivity index (χ4v) is 1.32. The van der Waals surface area contributed by atoms with Gasteiger partial charge in [0.05, 0.1) is 10.0 Å². The third kappa shape index (κ3) is 2.69. The first-order valence-corrected chi connectivity index (χ1v) is 4.63. The fraction of sp³-hybridized carbons (Fsp3) is 0.300. The van der Waals surface area contributed by atoms with Gasteiger partial charge in [-0.15, -0.1) is 0 Å². The third-order valence-corrected chi connectivity index (χ3v) is 2.39. The van der Waals surface area contributed by atoms with Crippen LogP contribution in [0.3, 0.4) is 0 Å². The highest BCUT2D eigenvalue weighted by Crippen LogP contribution is 2.23. The van der Waals surface area contributed by atoms with Crippen molar-refractivity contribution in [1.82, 2.24) is 0 Å². The van der Waals surface area contributed by atoms with Crippen LogP contribution in [-0.2, 0) is 6.42 Å². The van der Waals surface area contributed by atoms with Crippen LogP contribution in [-0.4, -0.2) is 0 Å². The van der Waals surface area contributed by atoms with Gasteiger partial charge < -0.3 is 0 Å². The molecule has 0 saturated carbocycles. The molecule has 0 unspecified atom stereocenters.